The lowest BCUT2D eigenvalue weighted by atomic mass is 10.1. The maximum Gasteiger partial charge on any atom is 0.236 e. The van der Waals surface area contributed by atoms with E-state index >= 15 is 0 Å². The van der Waals surface area contributed by atoms with Gasteiger partial charge < -0.3 is 9.52 Å². The normalized spacial score (nSPS) is 12.3. The maximum absolute atomic E-state index is 9.81. The molecule has 0 atom stereocenters. The fourth-order valence-corrected chi connectivity index (χ4v) is 2.70. The van der Waals surface area contributed by atoms with Gasteiger partial charge in [-0.2, -0.15) is 0 Å². The van der Waals surface area contributed by atoms with Crippen LogP contribution < -0.4 is 0 Å². The van der Waals surface area contributed by atoms with Crippen LogP contribution in [0.1, 0.15) is 25.3 Å². The quantitative estimate of drug-likeness (QED) is 0.915. The van der Waals surface area contributed by atoms with E-state index in [0.29, 0.717) is 19.0 Å². The molecule has 4 nitrogen and oxygen atoms in total. The van der Waals surface area contributed by atoms with Crippen molar-refractivity contribution in [3.63, 3.8) is 0 Å². The minimum absolute atomic E-state index is 0.591. The Hall–Kier alpha value is -1.17. The summed E-state index contributed by atoms with van der Waals surface area (Å²) < 4.78 is 5.70. The number of oxazole rings is 1. The second kappa shape index (κ2) is 5.45. The fourth-order valence-electron chi connectivity index (χ4n) is 2.05. The van der Waals surface area contributed by atoms with E-state index in [4.69, 9.17) is 4.42 Å². The average molecular weight is 280 g/mol. The van der Waals surface area contributed by atoms with E-state index in [9.17, 15) is 5.11 Å². The third kappa shape index (κ3) is 3.89. The smallest absolute Gasteiger partial charge is 0.236 e. The van der Waals surface area contributed by atoms with Gasteiger partial charge >= 0.3 is 0 Å². The molecule has 0 aliphatic heterocycles. The second-order valence-electron chi connectivity index (χ2n) is 5.48. The number of thiophene rings is 1. The van der Waals surface area contributed by atoms with Gasteiger partial charge in [0.05, 0.1) is 16.2 Å². The first-order chi connectivity index (χ1) is 8.85. The van der Waals surface area contributed by atoms with Gasteiger partial charge in [0.2, 0.25) is 5.89 Å². The number of aryl methyl sites for hydroxylation is 1. The predicted molar refractivity (Wildman–Crippen MR) is 77.2 cm³/mol. The standard InChI is InChI=1S/C14H20N2O2S/c1-10-11(8-16(4)9-14(2,3)17)15-13(18-10)12-6-5-7-19-12/h5-7,17H,8-9H2,1-4H3. The highest BCUT2D eigenvalue weighted by Crippen LogP contribution is 2.26. The van der Waals surface area contributed by atoms with E-state index in [1.807, 2.05) is 36.4 Å². The van der Waals surface area contributed by atoms with Crippen molar-refractivity contribution in [3.8, 4) is 10.8 Å². The molecule has 0 saturated carbocycles. The number of aliphatic hydroxyl groups is 1. The summed E-state index contributed by atoms with van der Waals surface area (Å²) in [5.74, 6) is 1.52. The molecule has 2 rings (SSSR count). The molecule has 0 fully saturated rings. The third-order valence-electron chi connectivity index (χ3n) is 2.70. The number of hydrogen-bond donors (Lipinski definition) is 1. The first-order valence-corrected chi connectivity index (χ1v) is 7.14. The maximum atomic E-state index is 9.81. The number of hydrogen-bond acceptors (Lipinski definition) is 5. The molecule has 0 aliphatic rings. The Morgan fingerprint density at radius 2 is 2.21 bits per heavy atom. The Morgan fingerprint density at radius 1 is 1.47 bits per heavy atom. The number of likely N-dealkylation sites (N-methyl/N-ethyl adjacent to an activating group) is 1. The molecule has 104 valence electrons. The highest BCUT2D eigenvalue weighted by atomic mass is 32.1. The first kappa shape index (κ1) is 14.2. The van der Waals surface area contributed by atoms with Crippen LogP contribution in [-0.2, 0) is 6.54 Å². The van der Waals surface area contributed by atoms with Crippen LogP contribution in [0.5, 0.6) is 0 Å². The van der Waals surface area contributed by atoms with E-state index < -0.39 is 5.60 Å². The van der Waals surface area contributed by atoms with E-state index in [1.165, 1.54) is 0 Å². The Bertz CT molecular complexity index is 526. The lowest BCUT2D eigenvalue weighted by Gasteiger charge is -2.24. The molecule has 0 unspecified atom stereocenters. The molecule has 5 heteroatoms. The lowest BCUT2D eigenvalue weighted by Crippen LogP contribution is -2.36. The predicted octanol–water partition coefficient (Wildman–Crippen LogP) is 2.91. The van der Waals surface area contributed by atoms with Gasteiger partial charge in [-0.15, -0.1) is 11.3 Å². The largest absolute Gasteiger partial charge is 0.440 e. The molecule has 0 aromatic carbocycles. The van der Waals surface area contributed by atoms with Gasteiger partial charge in [0.1, 0.15) is 5.76 Å². The summed E-state index contributed by atoms with van der Waals surface area (Å²) >= 11 is 1.62. The van der Waals surface area contributed by atoms with Crippen LogP contribution in [0.15, 0.2) is 21.9 Å². The van der Waals surface area contributed by atoms with Gasteiger partial charge in [-0.05, 0) is 39.3 Å². The van der Waals surface area contributed by atoms with Crippen molar-refractivity contribution in [3.05, 3.63) is 29.0 Å². The highest BCUT2D eigenvalue weighted by molar-refractivity contribution is 7.13. The number of aromatic nitrogens is 1. The SMILES string of the molecule is Cc1oc(-c2cccs2)nc1CN(C)CC(C)(C)O. The van der Waals surface area contributed by atoms with Crippen LogP contribution in [0.25, 0.3) is 10.8 Å². The zero-order chi connectivity index (χ0) is 14.0. The van der Waals surface area contributed by atoms with Crippen LogP contribution in [0.2, 0.25) is 0 Å². The van der Waals surface area contributed by atoms with Crippen molar-refractivity contribution in [2.45, 2.75) is 32.9 Å². The van der Waals surface area contributed by atoms with Crippen LogP contribution in [0.3, 0.4) is 0 Å². The topological polar surface area (TPSA) is 49.5 Å². The molecule has 0 amide bonds. The third-order valence-corrected chi connectivity index (χ3v) is 3.56. The average Bonchev–Trinajstić information content (AvgIpc) is 2.85. The summed E-state index contributed by atoms with van der Waals surface area (Å²) in [7, 11) is 1.97. The fraction of sp³-hybridized carbons (Fsp3) is 0.500. The molecule has 0 saturated heterocycles. The molecule has 19 heavy (non-hydrogen) atoms. The molecular formula is C14H20N2O2S. The molecule has 0 aliphatic carbocycles. The Balaban J connectivity index is 2.09. The van der Waals surface area contributed by atoms with E-state index in [2.05, 4.69) is 4.98 Å². The Morgan fingerprint density at radius 3 is 2.79 bits per heavy atom. The molecule has 2 aromatic heterocycles. The molecule has 2 aromatic rings. The monoisotopic (exact) mass is 280 g/mol. The summed E-state index contributed by atoms with van der Waals surface area (Å²) in [5, 5.41) is 11.8. The molecule has 0 bridgehead atoms. The summed E-state index contributed by atoms with van der Waals surface area (Å²) in [4.78, 5) is 7.63. The van der Waals surface area contributed by atoms with Gasteiger partial charge in [0.25, 0.3) is 0 Å². The van der Waals surface area contributed by atoms with Gasteiger partial charge in [0.15, 0.2) is 0 Å². The number of nitrogens with zero attached hydrogens (tertiary/aromatic N) is 2. The molecule has 2 heterocycles. The first-order valence-electron chi connectivity index (χ1n) is 6.26. The van der Waals surface area contributed by atoms with E-state index in [1.54, 1.807) is 25.2 Å². The van der Waals surface area contributed by atoms with Crippen molar-refractivity contribution in [2.24, 2.45) is 0 Å². The summed E-state index contributed by atoms with van der Waals surface area (Å²) in [6.07, 6.45) is 0. The molecule has 0 spiro atoms. The minimum atomic E-state index is -0.705. The van der Waals surface area contributed by atoms with Crippen molar-refractivity contribution in [1.29, 1.82) is 0 Å². The van der Waals surface area contributed by atoms with E-state index in [-0.39, 0.29) is 0 Å². The summed E-state index contributed by atoms with van der Waals surface area (Å²) in [5.41, 5.74) is 0.221. The van der Waals surface area contributed by atoms with E-state index in [0.717, 1.165) is 16.3 Å². The molecule has 0 radical (unpaired) electrons. The molecule has 1 N–H and O–H groups in total. The van der Waals surface area contributed by atoms with Gasteiger partial charge in [-0.25, -0.2) is 4.98 Å². The molecular weight excluding hydrogens is 260 g/mol. The van der Waals surface area contributed by atoms with Crippen molar-refractivity contribution in [1.82, 2.24) is 9.88 Å². The van der Waals surface area contributed by atoms with Gasteiger partial charge in [0, 0.05) is 13.1 Å². The van der Waals surface area contributed by atoms with Crippen molar-refractivity contribution in [2.75, 3.05) is 13.6 Å². The van der Waals surface area contributed by atoms with Crippen LogP contribution in [0.4, 0.5) is 0 Å². The highest BCUT2D eigenvalue weighted by Gasteiger charge is 2.18. The summed E-state index contributed by atoms with van der Waals surface area (Å²) in [6, 6.07) is 3.99. The Kier molecular flexibility index (Phi) is 4.08. The second-order valence-corrected chi connectivity index (χ2v) is 6.43. The zero-order valence-electron chi connectivity index (χ0n) is 11.8. The van der Waals surface area contributed by atoms with Gasteiger partial charge in [-0.3, -0.25) is 4.90 Å². The van der Waals surface area contributed by atoms with Crippen LogP contribution in [0, 0.1) is 6.92 Å². The van der Waals surface area contributed by atoms with Crippen molar-refractivity contribution < 1.29 is 9.52 Å². The zero-order valence-corrected chi connectivity index (χ0v) is 12.6. The lowest BCUT2D eigenvalue weighted by molar-refractivity contribution is 0.0421. The van der Waals surface area contributed by atoms with Gasteiger partial charge in [-0.1, -0.05) is 6.07 Å². The minimum Gasteiger partial charge on any atom is -0.440 e. The summed E-state index contributed by atoms with van der Waals surface area (Å²) in [6.45, 7) is 6.79. The van der Waals surface area contributed by atoms with Crippen molar-refractivity contribution >= 4 is 11.3 Å². The Labute approximate surface area is 117 Å². The van der Waals surface area contributed by atoms with Crippen LogP contribution in [-0.4, -0.2) is 34.2 Å². The number of rotatable bonds is 5. The van der Waals surface area contributed by atoms with Crippen LogP contribution >= 0.6 is 11.3 Å².